The summed E-state index contributed by atoms with van der Waals surface area (Å²) in [6.45, 7) is 5.80. The van der Waals surface area contributed by atoms with Crippen LogP contribution < -0.4 is 15.0 Å². The summed E-state index contributed by atoms with van der Waals surface area (Å²) in [7, 11) is 1.79. The van der Waals surface area contributed by atoms with Crippen LogP contribution >= 0.6 is 0 Å². The van der Waals surface area contributed by atoms with E-state index in [1.165, 1.54) is 6.42 Å². The van der Waals surface area contributed by atoms with Crippen molar-refractivity contribution in [3.05, 3.63) is 0 Å². The van der Waals surface area contributed by atoms with E-state index in [1.807, 2.05) is 0 Å². The Kier molecular flexibility index (Phi) is 5.79. The SMILES string of the molecule is CCCCCOc1nc(NC)nc(N2CCOCC2)n1. The molecule has 20 heavy (non-hydrogen) atoms. The molecule has 2 heterocycles. The van der Waals surface area contributed by atoms with Gasteiger partial charge < -0.3 is 19.7 Å². The average molecular weight is 281 g/mol. The quantitative estimate of drug-likeness (QED) is 0.756. The van der Waals surface area contributed by atoms with Crippen molar-refractivity contribution >= 4 is 11.9 Å². The normalized spacial score (nSPS) is 15.2. The highest BCUT2D eigenvalue weighted by molar-refractivity contribution is 5.38. The Labute approximate surface area is 119 Å². The van der Waals surface area contributed by atoms with Gasteiger partial charge in [-0.3, -0.25) is 0 Å². The summed E-state index contributed by atoms with van der Waals surface area (Å²) in [6.07, 6.45) is 3.34. The molecule has 0 spiro atoms. The lowest BCUT2D eigenvalue weighted by molar-refractivity contribution is 0.122. The summed E-state index contributed by atoms with van der Waals surface area (Å²) in [5, 5.41) is 2.95. The van der Waals surface area contributed by atoms with Gasteiger partial charge >= 0.3 is 6.01 Å². The van der Waals surface area contributed by atoms with Gasteiger partial charge in [0.25, 0.3) is 0 Å². The molecule has 0 aromatic carbocycles. The molecule has 2 rings (SSSR count). The maximum atomic E-state index is 5.62. The van der Waals surface area contributed by atoms with E-state index in [2.05, 4.69) is 32.1 Å². The molecule has 7 heteroatoms. The van der Waals surface area contributed by atoms with Crippen LogP contribution in [0.15, 0.2) is 0 Å². The summed E-state index contributed by atoms with van der Waals surface area (Å²) in [4.78, 5) is 15.1. The van der Waals surface area contributed by atoms with Gasteiger partial charge in [0.2, 0.25) is 11.9 Å². The van der Waals surface area contributed by atoms with Gasteiger partial charge in [0.15, 0.2) is 0 Å². The Hall–Kier alpha value is -1.63. The number of anilines is 2. The number of rotatable bonds is 7. The molecule has 0 bridgehead atoms. The molecule has 0 radical (unpaired) electrons. The lowest BCUT2D eigenvalue weighted by Gasteiger charge is -2.26. The van der Waals surface area contributed by atoms with Crippen LogP contribution in [0.25, 0.3) is 0 Å². The number of nitrogens with zero attached hydrogens (tertiary/aromatic N) is 4. The van der Waals surface area contributed by atoms with E-state index >= 15 is 0 Å². The first-order chi connectivity index (χ1) is 9.83. The highest BCUT2D eigenvalue weighted by Crippen LogP contribution is 2.16. The molecule has 112 valence electrons. The van der Waals surface area contributed by atoms with E-state index in [9.17, 15) is 0 Å². The first kappa shape index (κ1) is 14.8. The van der Waals surface area contributed by atoms with Crippen molar-refractivity contribution < 1.29 is 9.47 Å². The van der Waals surface area contributed by atoms with E-state index in [4.69, 9.17) is 9.47 Å². The molecule has 1 aliphatic heterocycles. The Morgan fingerprint density at radius 1 is 1.20 bits per heavy atom. The third kappa shape index (κ3) is 4.19. The maximum absolute atomic E-state index is 5.62. The Bertz CT molecular complexity index is 410. The predicted octanol–water partition coefficient (Wildman–Crippen LogP) is 1.32. The van der Waals surface area contributed by atoms with Crippen molar-refractivity contribution in [3.63, 3.8) is 0 Å². The maximum Gasteiger partial charge on any atom is 0.323 e. The van der Waals surface area contributed by atoms with E-state index in [0.717, 1.165) is 25.9 Å². The van der Waals surface area contributed by atoms with Crippen LogP contribution in [0.3, 0.4) is 0 Å². The molecule has 7 nitrogen and oxygen atoms in total. The highest BCUT2D eigenvalue weighted by Gasteiger charge is 2.16. The number of aromatic nitrogens is 3. The van der Waals surface area contributed by atoms with Crippen molar-refractivity contribution in [1.82, 2.24) is 15.0 Å². The third-order valence-corrected chi connectivity index (χ3v) is 3.10. The van der Waals surface area contributed by atoms with E-state index in [-0.39, 0.29) is 0 Å². The monoisotopic (exact) mass is 281 g/mol. The van der Waals surface area contributed by atoms with Crippen LogP contribution in [0, 0.1) is 0 Å². The third-order valence-electron chi connectivity index (χ3n) is 3.10. The van der Waals surface area contributed by atoms with Crippen LogP contribution in [-0.4, -0.2) is 54.9 Å². The number of nitrogens with one attached hydrogen (secondary N) is 1. The molecule has 1 aliphatic rings. The van der Waals surface area contributed by atoms with E-state index in [1.54, 1.807) is 7.05 Å². The van der Waals surface area contributed by atoms with Gasteiger partial charge in [-0.2, -0.15) is 15.0 Å². The molecule has 0 unspecified atom stereocenters. The smallest absolute Gasteiger partial charge is 0.323 e. The second kappa shape index (κ2) is 7.84. The Morgan fingerprint density at radius 2 is 2.00 bits per heavy atom. The van der Waals surface area contributed by atoms with Gasteiger partial charge in [-0.15, -0.1) is 0 Å². The average Bonchev–Trinajstić information content (AvgIpc) is 2.52. The molecule has 0 amide bonds. The number of unbranched alkanes of at least 4 members (excludes halogenated alkanes) is 2. The Balaban J connectivity index is 2.03. The van der Waals surface area contributed by atoms with Crippen LogP contribution in [0.2, 0.25) is 0 Å². The fourth-order valence-electron chi connectivity index (χ4n) is 1.94. The molecule has 0 atom stereocenters. The predicted molar refractivity (Wildman–Crippen MR) is 77.4 cm³/mol. The van der Waals surface area contributed by atoms with Gasteiger partial charge in [-0.1, -0.05) is 19.8 Å². The number of morpholine rings is 1. The van der Waals surface area contributed by atoms with Gasteiger partial charge in [-0.05, 0) is 6.42 Å². The molecular weight excluding hydrogens is 258 g/mol. The first-order valence-electron chi connectivity index (χ1n) is 7.22. The fourth-order valence-corrected chi connectivity index (χ4v) is 1.94. The largest absolute Gasteiger partial charge is 0.463 e. The molecule has 0 saturated carbocycles. The van der Waals surface area contributed by atoms with Crippen molar-refractivity contribution in [2.75, 3.05) is 50.2 Å². The summed E-state index contributed by atoms with van der Waals surface area (Å²) < 4.78 is 11.0. The summed E-state index contributed by atoms with van der Waals surface area (Å²) in [5.41, 5.74) is 0. The molecule has 1 aromatic heterocycles. The second-order valence-corrected chi connectivity index (χ2v) is 4.65. The molecule has 1 aromatic rings. The van der Waals surface area contributed by atoms with Gasteiger partial charge in [-0.25, -0.2) is 0 Å². The minimum absolute atomic E-state index is 0.391. The lowest BCUT2D eigenvalue weighted by Crippen LogP contribution is -2.37. The summed E-state index contributed by atoms with van der Waals surface area (Å²) >= 11 is 0. The molecule has 0 aliphatic carbocycles. The zero-order chi connectivity index (χ0) is 14.2. The van der Waals surface area contributed by atoms with Crippen molar-refractivity contribution in [2.24, 2.45) is 0 Å². The van der Waals surface area contributed by atoms with Gasteiger partial charge in [0, 0.05) is 20.1 Å². The van der Waals surface area contributed by atoms with Crippen LogP contribution in [0.5, 0.6) is 6.01 Å². The fraction of sp³-hybridized carbons (Fsp3) is 0.769. The van der Waals surface area contributed by atoms with Crippen molar-refractivity contribution in [2.45, 2.75) is 26.2 Å². The van der Waals surface area contributed by atoms with E-state index < -0.39 is 0 Å². The molecular formula is C13H23N5O2. The summed E-state index contributed by atoms with van der Waals surface area (Å²) in [6, 6.07) is 0.391. The number of hydrogen-bond acceptors (Lipinski definition) is 7. The first-order valence-corrected chi connectivity index (χ1v) is 7.22. The molecule has 1 saturated heterocycles. The minimum atomic E-state index is 0.391. The Morgan fingerprint density at radius 3 is 2.70 bits per heavy atom. The van der Waals surface area contributed by atoms with Crippen LogP contribution in [0.4, 0.5) is 11.9 Å². The van der Waals surface area contributed by atoms with Gasteiger partial charge in [0.1, 0.15) is 0 Å². The van der Waals surface area contributed by atoms with Crippen molar-refractivity contribution in [1.29, 1.82) is 0 Å². The zero-order valence-electron chi connectivity index (χ0n) is 12.3. The number of hydrogen-bond donors (Lipinski definition) is 1. The molecule has 1 N–H and O–H groups in total. The van der Waals surface area contributed by atoms with Crippen molar-refractivity contribution in [3.8, 4) is 6.01 Å². The van der Waals surface area contributed by atoms with Crippen LogP contribution in [0.1, 0.15) is 26.2 Å². The standard InChI is InChI=1S/C13H23N5O2/c1-3-4-5-8-20-13-16-11(14-2)15-12(17-13)18-6-9-19-10-7-18/h3-10H2,1-2H3,(H,14,15,16,17). The summed E-state index contributed by atoms with van der Waals surface area (Å²) in [5.74, 6) is 1.19. The topological polar surface area (TPSA) is 72.4 Å². The number of ether oxygens (including phenoxy) is 2. The second-order valence-electron chi connectivity index (χ2n) is 4.65. The lowest BCUT2D eigenvalue weighted by atomic mass is 10.3. The highest BCUT2D eigenvalue weighted by atomic mass is 16.5. The molecule has 1 fully saturated rings. The van der Waals surface area contributed by atoms with E-state index in [0.29, 0.717) is 37.7 Å². The minimum Gasteiger partial charge on any atom is -0.463 e. The van der Waals surface area contributed by atoms with Crippen LogP contribution in [-0.2, 0) is 4.74 Å². The van der Waals surface area contributed by atoms with Gasteiger partial charge in [0.05, 0.1) is 19.8 Å². The zero-order valence-corrected chi connectivity index (χ0v) is 12.3.